The van der Waals surface area contributed by atoms with Gasteiger partial charge in [0.1, 0.15) is 5.54 Å². The fourth-order valence-corrected chi connectivity index (χ4v) is 2.76. The first-order chi connectivity index (χ1) is 5.67. The molecule has 0 amide bonds. The average molecular weight is 169 g/mol. The molecule has 2 atom stereocenters. The molecule has 2 rings (SSSR count). The molecular formula is C9H15NO2. The van der Waals surface area contributed by atoms with E-state index in [1.165, 1.54) is 6.42 Å². The largest absolute Gasteiger partial charge is 0.480 e. The summed E-state index contributed by atoms with van der Waals surface area (Å²) >= 11 is 0. The van der Waals surface area contributed by atoms with Crippen LogP contribution in [0.15, 0.2) is 0 Å². The molecule has 0 aliphatic carbocycles. The van der Waals surface area contributed by atoms with E-state index in [2.05, 4.69) is 4.90 Å². The summed E-state index contributed by atoms with van der Waals surface area (Å²) in [5, 5.41) is 9.14. The minimum absolute atomic E-state index is 0.497. The van der Waals surface area contributed by atoms with E-state index >= 15 is 0 Å². The van der Waals surface area contributed by atoms with Gasteiger partial charge in [0.05, 0.1) is 0 Å². The van der Waals surface area contributed by atoms with E-state index in [4.69, 9.17) is 5.11 Å². The number of hydrogen-bond donors (Lipinski definition) is 1. The minimum Gasteiger partial charge on any atom is -0.480 e. The van der Waals surface area contributed by atoms with Gasteiger partial charge in [-0.1, -0.05) is 0 Å². The van der Waals surface area contributed by atoms with Gasteiger partial charge in [-0.15, -0.1) is 0 Å². The van der Waals surface area contributed by atoms with Crippen LogP contribution in [0.5, 0.6) is 0 Å². The van der Waals surface area contributed by atoms with Crippen molar-refractivity contribution >= 4 is 5.97 Å². The maximum Gasteiger partial charge on any atom is 0.324 e. The third-order valence-electron chi connectivity index (χ3n) is 3.64. The van der Waals surface area contributed by atoms with E-state index in [1.54, 1.807) is 0 Å². The first kappa shape index (κ1) is 8.05. The number of rotatable bonds is 1. The van der Waals surface area contributed by atoms with Crippen molar-refractivity contribution in [2.45, 2.75) is 43.7 Å². The number of likely N-dealkylation sites (N-methyl/N-ethyl adjacent to an activating group) is 1. The van der Waals surface area contributed by atoms with Gasteiger partial charge in [0.15, 0.2) is 0 Å². The summed E-state index contributed by atoms with van der Waals surface area (Å²) in [5.74, 6) is -0.618. The van der Waals surface area contributed by atoms with Crippen molar-refractivity contribution in [2.75, 3.05) is 7.05 Å². The summed E-state index contributed by atoms with van der Waals surface area (Å²) in [5.41, 5.74) is -0.497. The Morgan fingerprint density at radius 2 is 2.25 bits per heavy atom. The molecule has 2 aliphatic heterocycles. The number of nitrogens with zero attached hydrogens (tertiary/aromatic N) is 1. The van der Waals surface area contributed by atoms with Crippen LogP contribution < -0.4 is 0 Å². The quantitative estimate of drug-likeness (QED) is 0.638. The smallest absolute Gasteiger partial charge is 0.324 e. The van der Waals surface area contributed by atoms with Crippen LogP contribution in [0, 0.1) is 0 Å². The fraction of sp³-hybridized carbons (Fsp3) is 0.889. The molecule has 2 unspecified atom stereocenters. The summed E-state index contributed by atoms with van der Waals surface area (Å²) in [6, 6.07) is 0.537. The zero-order chi connectivity index (χ0) is 8.77. The van der Waals surface area contributed by atoms with Crippen molar-refractivity contribution in [3.05, 3.63) is 0 Å². The van der Waals surface area contributed by atoms with Crippen LogP contribution >= 0.6 is 0 Å². The molecule has 2 saturated heterocycles. The molecule has 0 spiro atoms. The third-order valence-corrected chi connectivity index (χ3v) is 3.64. The summed E-state index contributed by atoms with van der Waals surface area (Å²) in [6.07, 6.45) is 5.04. The highest BCUT2D eigenvalue weighted by Crippen LogP contribution is 2.42. The zero-order valence-electron chi connectivity index (χ0n) is 7.42. The monoisotopic (exact) mass is 169 g/mol. The van der Waals surface area contributed by atoms with Crippen molar-refractivity contribution in [3.8, 4) is 0 Å². The summed E-state index contributed by atoms with van der Waals surface area (Å²) in [4.78, 5) is 13.2. The average Bonchev–Trinajstić information content (AvgIpc) is 2.28. The second-order valence-corrected chi connectivity index (χ2v) is 4.03. The first-order valence-corrected chi connectivity index (χ1v) is 4.63. The Bertz CT molecular complexity index is 213. The molecule has 2 aliphatic rings. The standard InChI is InChI=1S/C9H15NO2/c1-10-7-3-2-5-9(10,6-4-7)8(11)12/h7H,2-6H2,1H3,(H,11,12). The van der Waals surface area contributed by atoms with Crippen LogP contribution in [-0.2, 0) is 4.79 Å². The zero-order valence-corrected chi connectivity index (χ0v) is 7.42. The van der Waals surface area contributed by atoms with Crippen LogP contribution in [0.4, 0.5) is 0 Å². The highest BCUT2D eigenvalue weighted by Gasteiger charge is 2.51. The Morgan fingerprint density at radius 1 is 1.50 bits per heavy atom. The highest BCUT2D eigenvalue weighted by molar-refractivity contribution is 5.79. The summed E-state index contributed by atoms with van der Waals surface area (Å²) in [7, 11) is 1.96. The minimum atomic E-state index is -0.618. The topological polar surface area (TPSA) is 40.5 Å². The van der Waals surface area contributed by atoms with Gasteiger partial charge in [0.25, 0.3) is 0 Å². The molecule has 2 fully saturated rings. The van der Waals surface area contributed by atoms with E-state index < -0.39 is 11.5 Å². The first-order valence-electron chi connectivity index (χ1n) is 4.63. The molecular weight excluding hydrogens is 154 g/mol. The maximum absolute atomic E-state index is 11.1. The SMILES string of the molecule is CN1C2CCCC1(C(=O)O)CC2. The van der Waals surface area contributed by atoms with Crippen molar-refractivity contribution in [3.63, 3.8) is 0 Å². The Morgan fingerprint density at radius 3 is 2.83 bits per heavy atom. The number of hydrogen-bond acceptors (Lipinski definition) is 2. The fourth-order valence-electron chi connectivity index (χ4n) is 2.76. The molecule has 2 bridgehead atoms. The Hall–Kier alpha value is -0.570. The third kappa shape index (κ3) is 0.829. The lowest BCUT2D eigenvalue weighted by atomic mass is 9.89. The molecule has 68 valence electrons. The van der Waals surface area contributed by atoms with E-state index in [1.807, 2.05) is 7.05 Å². The van der Waals surface area contributed by atoms with Gasteiger partial charge in [-0.05, 0) is 39.2 Å². The van der Waals surface area contributed by atoms with Crippen LogP contribution in [0.3, 0.4) is 0 Å². The second kappa shape index (κ2) is 2.46. The molecule has 12 heavy (non-hydrogen) atoms. The van der Waals surface area contributed by atoms with Crippen molar-refractivity contribution in [1.82, 2.24) is 4.90 Å². The molecule has 0 saturated carbocycles. The molecule has 1 N–H and O–H groups in total. The Kier molecular flexibility index (Phi) is 1.65. The highest BCUT2D eigenvalue weighted by atomic mass is 16.4. The van der Waals surface area contributed by atoms with Gasteiger partial charge in [-0.3, -0.25) is 9.69 Å². The molecule has 0 radical (unpaired) electrons. The van der Waals surface area contributed by atoms with Gasteiger partial charge < -0.3 is 5.11 Å². The predicted octanol–water partition coefficient (Wildman–Crippen LogP) is 1.09. The predicted molar refractivity (Wildman–Crippen MR) is 45.0 cm³/mol. The van der Waals surface area contributed by atoms with Crippen LogP contribution in [-0.4, -0.2) is 34.6 Å². The van der Waals surface area contributed by atoms with E-state index in [0.717, 1.165) is 25.7 Å². The number of carbonyl (C=O) groups is 1. The van der Waals surface area contributed by atoms with E-state index in [9.17, 15) is 4.79 Å². The Labute approximate surface area is 72.4 Å². The van der Waals surface area contributed by atoms with Crippen molar-refractivity contribution in [1.29, 1.82) is 0 Å². The lowest BCUT2D eigenvalue weighted by molar-refractivity contribution is -0.151. The number of fused-ring (bicyclic) bond motifs is 2. The second-order valence-electron chi connectivity index (χ2n) is 4.03. The number of piperidine rings is 1. The molecule has 0 aromatic carbocycles. The summed E-state index contributed by atoms with van der Waals surface area (Å²) < 4.78 is 0. The summed E-state index contributed by atoms with van der Waals surface area (Å²) in [6.45, 7) is 0. The van der Waals surface area contributed by atoms with E-state index in [-0.39, 0.29) is 0 Å². The molecule has 0 aromatic heterocycles. The van der Waals surface area contributed by atoms with E-state index in [0.29, 0.717) is 6.04 Å². The number of aliphatic carboxylic acids is 1. The van der Waals surface area contributed by atoms with Crippen LogP contribution in [0.1, 0.15) is 32.1 Å². The van der Waals surface area contributed by atoms with Gasteiger partial charge >= 0.3 is 5.97 Å². The van der Waals surface area contributed by atoms with Crippen molar-refractivity contribution in [2.24, 2.45) is 0 Å². The molecule has 0 aromatic rings. The number of carboxylic acid groups (broad SMARTS) is 1. The lowest BCUT2D eigenvalue weighted by Crippen LogP contribution is -2.53. The van der Waals surface area contributed by atoms with Gasteiger partial charge in [-0.2, -0.15) is 0 Å². The van der Waals surface area contributed by atoms with Gasteiger partial charge in [0.2, 0.25) is 0 Å². The maximum atomic E-state index is 11.1. The van der Waals surface area contributed by atoms with Crippen LogP contribution in [0.25, 0.3) is 0 Å². The van der Waals surface area contributed by atoms with Crippen molar-refractivity contribution < 1.29 is 9.90 Å². The van der Waals surface area contributed by atoms with Gasteiger partial charge in [-0.25, -0.2) is 0 Å². The Balaban J connectivity index is 2.29. The molecule has 3 heteroatoms. The molecule has 3 nitrogen and oxygen atoms in total. The lowest BCUT2D eigenvalue weighted by Gasteiger charge is -2.39. The normalized spacial score (nSPS) is 41.6. The van der Waals surface area contributed by atoms with Crippen LogP contribution in [0.2, 0.25) is 0 Å². The number of carboxylic acids is 1. The molecule has 2 heterocycles. The van der Waals surface area contributed by atoms with Gasteiger partial charge in [0, 0.05) is 6.04 Å².